The van der Waals surface area contributed by atoms with Crippen LogP contribution >= 0.6 is 11.6 Å². The maximum Gasteiger partial charge on any atom is 0.125 e. The van der Waals surface area contributed by atoms with Gasteiger partial charge >= 0.3 is 0 Å². The molecule has 0 heterocycles. The van der Waals surface area contributed by atoms with Crippen LogP contribution in [-0.4, -0.2) is 11.7 Å². The van der Waals surface area contributed by atoms with Gasteiger partial charge in [-0.3, -0.25) is 0 Å². The molecule has 1 atom stereocenters. The van der Waals surface area contributed by atoms with Crippen molar-refractivity contribution >= 4 is 11.6 Å². The Hall–Kier alpha value is -1.51. The second kappa shape index (κ2) is 6.09. The standard InChI is InChI=1S/C16H17ClO2/c1-3-19-15-7-5-4-6-13(15)16(18)12-9-8-11(2)10-14(12)17/h4-10,16,18H,3H2,1-2H3. The van der Waals surface area contributed by atoms with Gasteiger partial charge in [-0.2, -0.15) is 0 Å². The molecule has 2 nitrogen and oxygen atoms in total. The molecule has 0 aliphatic heterocycles. The number of aliphatic hydroxyl groups is 1. The smallest absolute Gasteiger partial charge is 0.125 e. The van der Waals surface area contributed by atoms with Crippen LogP contribution in [0.25, 0.3) is 0 Å². The first-order valence-electron chi connectivity index (χ1n) is 6.29. The highest BCUT2D eigenvalue weighted by Crippen LogP contribution is 2.33. The van der Waals surface area contributed by atoms with E-state index in [1.54, 1.807) is 0 Å². The maximum absolute atomic E-state index is 10.5. The number of hydrogen-bond donors (Lipinski definition) is 1. The fourth-order valence-electron chi connectivity index (χ4n) is 2.01. The van der Waals surface area contributed by atoms with Crippen LogP contribution in [0.4, 0.5) is 0 Å². The molecule has 0 aromatic heterocycles. The zero-order valence-electron chi connectivity index (χ0n) is 11.1. The van der Waals surface area contributed by atoms with Crippen molar-refractivity contribution in [2.24, 2.45) is 0 Å². The summed E-state index contributed by atoms with van der Waals surface area (Å²) >= 11 is 6.20. The van der Waals surface area contributed by atoms with Gasteiger partial charge in [0.25, 0.3) is 0 Å². The van der Waals surface area contributed by atoms with Crippen molar-refractivity contribution in [3.05, 3.63) is 64.2 Å². The minimum atomic E-state index is -0.782. The van der Waals surface area contributed by atoms with E-state index in [-0.39, 0.29) is 0 Å². The molecule has 2 aromatic carbocycles. The van der Waals surface area contributed by atoms with E-state index in [4.69, 9.17) is 16.3 Å². The highest BCUT2D eigenvalue weighted by molar-refractivity contribution is 6.31. The SMILES string of the molecule is CCOc1ccccc1C(O)c1ccc(C)cc1Cl. The van der Waals surface area contributed by atoms with Crippen molar-refractivity contribution in [2.45, 2.75) is 20.0 Å². The van der Waals surface area contributed by atoms with Crippen molar-refractivity contribution < 1.29 is 9.84 Å². The molecule has 0 aliphatic rings. The summed E-state index contributed by atoms with van der Waals surface area (Å²) in [4.78, 5) is 0. The van der Waals surface area contributed by atoms with Gasteiger partial charge in [0.2, 0.25) is 0 Å². The summed E-state index contributed by atoms with van der Waals surface area (Å²) in [5.74, 6) is 0.689. The highest BCUT2D eigenvalue weighted by Gasteiger charge is 2.17. The Balaban J connectivity index is 2.41. The summed E-state index contributed by atoms with van der Waals surface area (Å²) in [6, 6.07) is 13.1. The zero-order chi connectivity index (χ0) is 13.8. The van der Waals surface area contributed by atoms with E-state index in [1.807, 2.05) is 56.3 Å². The first-order valence-corrected chi connectivity index (χ1v) is 6.67. The molecule has 1 unspecified atom stereocenters. The summed E-state index contributed by atoms with van der Waals surface area (Å²) in [6.45, 7) is 4.45. The van der Waals surface area contributed by atoms with Gasteiger partial charge in [0.15, 0.2) is 0 Å². The normalized spacial score (nSPS) is 12.2. The minimum Gasteiger partial charge on any atom is -0.493 e. The molecule has 1 N–H and O–H groups in total. The molecule has 0 saturated carbocycles. The average molecular weight is 277 g/mol. The molecule has 3 heteroatoms. The van der Waals surface area contributed by atoms with Gasteiger partial charge in [-0.1, -0.05) is 41.9 Å². The van der Waals surface area contributed by atoms with Gasteiger partial charge in [-0.25, -0.2) is 0 Å². The first-order chi connectivity index (χ1) is 9.13. The maximum atomic E-state index is 10.5. The Morgan fingerprint density at radius 3 is 2.58 bits per heavy atom. The van der Waals surface area contributed by atoms with Gasteiger partial charge in [0, 0.05) is 16.1 Å². The van der Waals surface area contributed by atoms with Crippen LogP contribution in [0.3, 0.4) is 0 Å². The lowest BCUT2D eigenvalue weighted by atomic mass is 9.99. The van der Waals surface area contributed by atoms with Gasteiger partial charge in [-0.15, -0.1) is 0 Å². The molecule has 19 heavy (non-hydrogen) atoms. The van der Waals surface area contributed by atoms with E-state index in [9.17, 15) is 5.11 Å². The quantitative estimate of drug-likeness (QED) is 0.910. The Morgan fingerprint density at radius 1 is 1.16 bits per heavy atom. The largest absolute Gasteiger partial charge is 0.493 e. The molecular weight excluding hydrogens is 260 g/mol. The summed E-state index contributed by atoms with van der Waals surface area (Å²) in [5.41, 5.74) is 2.49. The molecule has 0 amide bonds. The minimum absolute atomic E-state index is 0.561. The molecule has 0 bridgehead atoms. The third-order valence-electron chi connectivity index (χ3n) is 2.96. The molecule has 2 aromatic rings. The Morgan fingerprint density at radius 2 is 1.89 bits per heavy atom. The van der Waals surface area contributed by atoms with Crippen molar-refractivity contribution in [1.29, 1.82) is 0 Å². The van der Waals surface area contributed by atoms with E-state index in [0.29, 0.717) is 22.9 Å². The number of benzene rings is 2. The molecule has 0 aliphatic carbocycles. The predicted molar refractivity (Wildman–Crippen MR) is 77.9 cm³/mol. The molecule has 0 spiro atoms. The number of halogens is 1. The molecule has 2 rings (SSSR count). The Bertz CT molecular complexity index is 566. The van der Waals surface area contributed by atoms with Crippen LogP contribution in [0.5, 0.6) is 5.75 Å². The number of hydrogen-bond acceptors (Lipinski definition) is 2. The summed E-state index contributed by atoms with van der Waals surface area (Å²) in [7, 11) is 0. The van der Waals surface area contributed by atoms with Gasteiger partial charge in [0.05, 0.1) is 6.61 Å². The highest BCUT2D eigenvalue weighted by atomic mass is 35.5. The monoisotopic (exact) mass is 276 g/mol. The van der Waals surface area contributed by atoms with Crippen molar-refractivity contribution in [3.63, 3.8) is 0 Å². The lowest BCUT2D eigenvalue weighted by Gasteiger charge is -2.17. The number of para-hydroxylation sites is 1. The summed E-state index contributed by atoms with van der Waals surface area (Å²) < 4.78 is 5.54. The molecule has 0 fully saturated rings. The fourth-order valence-corrected chi connectivity index (χ4v) is 2.35. The van der Waals surface area contributed by atoms with Crippen LogP contribution in [0.15, 0.2) is 42.5 Å². The Labute approximate surface area is 118 Å². The molecular formula is C16H17ClO2. The molecule has 0 radical (unpaired) electrons. The second-order valence-corrected chi connectivity index (χ2v) is 4.81. The Kier molecular flexibility index (Phi) is 4.46. The lowest BCUT2D eigenvalue weighted by Crippen LogP contribution is -2.04. The van der Waals surface area contributed by atoms with Crippen LogP contribution in [0, 0.1) is 6.92 Å². The predicted octanol–water partition coefficient (Wildman–Crippen LogP) is 4.13. The third kappa shape index (κ3) is 3.09. The van der Waals surface area contributed by atoms with Gasteiger partial charge in [-0.05, 0) is 31.5 Å². The average Bonchev–Trinajstić information content (AvgIpc) is 2.39. The second-order valence-electron chi connectivity index (χ2n) is 4.40. The first kappa shape index (κ1) is 13.9. The number of ether oxygens (including phenoxy) is 1. The van der Waals surface area contributed by atoms with Crippen molar-refractivity contribution in [3.8, 4) is 5.75 Å². The number of aliphatic hydroxyl groups excluding tert-OH is 1. The molecule has 0 saturated heterocycles. The fraction of sp³-hybridized carbons (Fsp3) is 0.250. The van der Waals surface area contributed by atoms with Crippen molar-refractivity contribution in [1.82, 2.24) is 0 Å². The van der Waals surface area contributed by atoms with Crippen LogP contribution in [0.1, 0.15) is 29.7 Å². The van der Waals surface area contributed by atoms with Crippen LogP contribution in [0.2, 0.25) is 5.02 Å². The van der Waals surface area contributed by atoms with Crippen molar-refractivity contribution in [2.75, 3.05) is 6.61 Å². The van der Waals surface area contributed by atoms with Crippen LogP contribution < -0.4 is 4.74 Å². The van der Waals surface area contributed by atoms with Gasteiger partial charge < -0.3 is 9.84 Å². The van der Waals surface area contributed by atoms with E-state index in [1.165, 1.54) is 0 Å². The van der Waals surface area contributed by atoms with E-state index >= 15 is 0 Å². The summed E-state index contributed by atoms with van der Waals surface area (Å²) in [5, 5.41) is 11.1. The van der Waals surface area contributed by atoms with E-state index in [2.05, 4.69) is 0 Å². The van der Waals surface area contributed by atoms with Gasteiger partial charge in [0.1, 0.15) is 11.9 Å². The zero-order valence-corrected chi connectivity index (χ0v) is 11.8. The lowest BCUT2D eigenvalue weighted by molar-refractivity contribution is 0.212. The molecule has 100 valence electrons. The third-order valence-corrected chi connectivity index (χ3v) is 3.29. The summed E-state index contributed by atoms with van der Waals surface area (Å²) in [6.07, 6.45) is -0.782. The number of rotatable bonds is 4. The van der Waals surface area contributed by atoms with Crippen LogP contribution in [-0.2, 0) is 0 Å². The number of aryl methyl sites for hydroxylation is 1. The topological polar surface area (TPSA) is 29.5 Å². The van der Waals surface area contributed by atoms with E-state index < -0.39 is 6.10 Å². The van der Waals surface area contributed by atoms with E-state index in [0.717, 1.165) is 11.1 Å².